The van der Waals surface area contributed by atoms with Gasteiger partial charge < -0.3 is 10.1 Å². The van der Waals surface area contributed by atoms with E-state index in [4.69, 9.17) is 4.74 Å². The number of benzene rings is 1. The molecule has 138 valence electrons. The van der Waals surface area contributed by atoms with Gasteiger partial charge in [0.25, 0.3) is 5.91 Å². The number of carbonyl (C=O) groups excluding carboxylic acids is 2. The molecule has 0 aliphatic carbocycles. The highest BCUT2D eigenvalue weighted by Gasteiger charge is 2.26. The molecule has 0 aromatic heterocycles. The van der Waals surface area contributed by atoms with Crippen molar-refractivity contribution in [3.05, 3.63) is 35.4 Å². The molecule has 0 spiro atoms. The molecule has 2 N–H and O–H groups in total. The van der Waals surface area contributed by atoms with Crippen molar-refractivity contribution in [1.82, 2.24) is 10.6 Å². The first-order valence-corrected chi connectivity index (χ1v) is 9.47. The minimum Gasteiger partial charge on any atom is -0.368 e. The van der Waals surface area contributed by atoms with E-state index < -0.39 is 6.10 Å². The Balaban J connectivity index is 0.00000109. The Hall–Kier alpha value is -1.72. The largest absolute Gasteiger partial charge is 0.368 e. The van der Waals surface area contributed by atoms with E-state index in [0.29, 0.717) is 25.4 Å². The number of piperidine rings is 2. The molecule has 2 amide bonds. The third kappa shape index (κ3) is 5.94. The van der Waals surface area contributed by atoms with E-state index in [1.54, 1.807) is 0 Å². The van der Waals surface area contributed by atoms with Gasteiger partial charge >= 0.3 is 0 Å². The van der Waals surface area contributed by atoms with Crippen molar-refractivity contribution in [3.8, 4) is 0 Å². The van der Waals surface area contributed by atoms with Gasteiger partial charge in [0.2, 0.25) is 5.91 Å². The van der Waals surface area contributed by atoms with Crippen LogP contribution in [0.15, 0.2) is 24.3 Å². The van der Waals surface area contributed by atoms with Gasteiger partial charge in [-0.05, 0) is 55.8 Å². The zero-order valence-corrected chi connectivity index (χ0v) is 15.3. The molecule has 0 radical (unpaired) electrons. The Morgan fingerprint density at radius 3 is 2.36 bits per heavy atom. The maximum atomic E-state index is 11.6. The van der Waals surface area contributed by atoms with Crippen molar-refractivity contribution >= 4 is 11.8 Å². The van der Waals surface area contributed by atoms with Crippen molar-refractivity contribution in [2.45, 2.75) is 58.0 Å². The Morgan fingerprint density at radius 2 is 1.72 bits per heavy atom. The van der Waals surface area contributed by atoms with Crippen LogP contribution in [0.4, 0.5) is 0 Å². The molecule has 2 aliphatic heterocycles. The van der Waals surface area contributed by atoms with Crippen LogP contribution in [0.25, 0.3) is 0 Å². The highest BCUT2D eigenvalue weighted by Crippen LogP contribution is 2.25. The van der Waals surface area contributed by atoms with Crippen LogP contribution in [0.3, 0.4) is 0 Å². The summed E-state index contributed by atoms with van der Waals surface area (Å²) < 4.78 is 5.62. The highest BCUT2D eigenvalue weighted by atomic mass is 16.5. The second-order valence-electron chi connectivity index (χ2n) is 6.33. The number of amides is 2. The van der Waals surface area contributed by atoms with E-state index in [9.17, 15) is 9.59 Å². The highest BCUT2D eigenvalue weighted by molar-refractivity contribution is 5.99. The molecule has 0 saturated carbocycles. The molecule has 5 heteroatoms. The lowest BCUT2D eigenvalue weighted by Gasteiger charge is -2.23. The van der Waals surface area contributed by atoms with Crippen LogP contribution in [0.1, 0.15) is 56.6 Å². The minimum absolute atomic E-state index is 0.205. The summed E-state index contributed by atoms with van der Waals surface area (Å²) >= 11 is 0. The number of rotatable bonds is 5. The van der Waals surface area contributed by atoms with Crippen molar-refractivity contribution in [1.29, 1.82) is 0 Å². The van der Waals surface area contributed by atoms with Crippen molar-refractivity contribution < 1.29 is 14.3 Å². The van der Waals surface area contributed by atoms with Gasteiger partial charge in [0.1, 0.15) is 6.10 Å². The monoisotopic (exact) mass is 346 g/mol. The molecule has 25 heavy (non-hydrogen) atoms. The van der Waals surface area contributed by atoms with E-state index in [1.807, 2.05) is 13.8 Å². The minimum atomic E-state index is -0.485. The molecule has 1 aromatic rings. The Labute approximate surface area is 150 Å². The predicted octanol–water partition coefficient (Wildman–Crippen LogP) is 2.54. The number of nitrogens with one attached hydrogen (secondary N) is 2. The van der Waals surface area contributed by atoms with Gasteiger partial charge in [-0.15, -0.1) is 0 Å². The number of ether oxygens (including phenoxy) is 1. The Kier molecular flexibility index (Phi) is 8.09. The molecule has 1 unspecified atom stereocenters. The molecule has 3 rings (SSSR count). The fourth-order valence-corrected chi connectivity index (χ4v) is 3.26. The molecule has 1 atom stereocenters. The summed E-state index contributed by atoms with van der Waals surface area (Å²) in [6, 6.07) is 8.75. The SMILES string of the molecule is CC.O=C1CCC(OCCc2ccc(C3CCNCC3)cc2)C(=O)N1. The zero-order valence-electron chi connectivity index (χ0n) is 15.3. The maximum absolute atomic E-state index is 11.6. The summed E-state index contributed by atoms with van der Waals surface area (Å²) in [5.41, 5.74) is 2.64. The third-order valence-electron chi connectivity index (χ3n) is 4.69. The van der Waals surface area contributed by atoms with E-state index in [1.165, 1.54) is 24.0 Å². The van der Waals surface area contributed by atoms with Gasteiger partial charge in [0.15, 0.2) is 0 Å². The molecule has 5 nitrogen and oxygen atoms in total. The second kappa shape index (κ2) is 10.3. The van der Waals surface area contributed by atoms with Crippen LogP contribution in [0.2, 0.25) is 0 Å². The van der Waals surface area contributed by atoms with E-state index >= 15 is 0 Å². The smallest absolute Gasteiger partial charge is 0.255 e. The first kappa shape index (κ1) is 19.6. The number of hydrogen-bond acceptors (Lipinski definition) is 4. The predicted molar refractivity (Wildman–Crippen MR) is 98.5 cm³/mol. The average molecular weight is 346 g/mol. The van der Waals surface area contributed by atoms with E-state index in [-0.39, 0.29) is 11.8 Å². The molecule has 0 bridgehead atoms. The van der Waals surface area contributed by atoms with E-state index in [2.05, 4.69) is 34.9 Å². The summed E-state index contributed by atoms with van der Waals surface area (Å²) in [6.07, 6.45) is 3.56. The molecule has 2 aliphatic rings. The first-order valence-electron chi connectivity index (χ1n) is 9.47. The van der Waals surface area contributed by atoms with E-state index in [0.717, 1.165) is 19.5 Å². The Morgan fingerprint density at radius 1 is 1.04 bits per heavy atom. The molecule has 2 fully saturated rings. The standard InChI is InChI=1S/C18H24N2O3.C2H6/c21-17-6-5-16(18(22)20-17)23-12-9-13-1-3-14(4-2-13)15-7-10-19-11-8-15;1-2/h1-4,15-16,19H,5-12H2,(H,20,21,22);1-2H3. The lowest BCUT2D eigenvalue weighted by Crippen LogP contribution is -2.45. The summed E-state index contributed by atoms with van der Waals surface area (Å²) in [5, 5.41) is 5.70. The van der Waals surface area contributed by atoms with Crippen molar-refractivity contribution in [2.24, 2.45) is 0 Å². The van der Waals surface area contributed by atoms with Gasteiger partial charge in [0, 0.05) is 6.42 Å². The van der Waals surface area contributed by atoms with Gasteiger partial charge in [-0.1, -0.05) is 38.1 Å². The molecular formula is C20H30N2O3. The number of hydrogen-bond donors (Lipinski definition) is 2. The quantitative estimate of drug-likeness (QED) is 0.804. The fraction of sp³-hybridized carbons (Fsp3) is 0.600. The zero-order chi connectivity index (χ0) is 18.1. The lowest BCUT2D eigenvalue weighted by molar-refractivity contribution is -0.143. The second-order valence-corrected chi connectivity index (χ2v) is 6.33. The van der Waals surface area contributed by atoms with Crippen LogP contribution in [0, 0.1) is 0 Å². The van der Waals surface area contributed by atoms with Crippen LogP contribution >= 0.6 is 0 Å². The summed E-state index contributed by atoms with van der Waals surface area (Å²) in [4.78, 5) is 22.7. The van der Waals surface area contributed by atoms with Crippen LogP contribution < -0.4 is 10.6 Å². The first-order chi connectivity index (χ1) is 12.2. The molecule has 2 saturated heterocycles. The van der Waals surface area contributed by atoms with Gasteiger partial charge in [-0.3, -0.25) is 14.9 Å². The lowest BCUT2D eigenvalue weighted by atomic mass is 9.89. The summed E-state index contributed by atoms with van der Waals surface area (Å²) in [5.74, 6) is 0.163. The maximum Gasteiger partial charge on any atom is 0.255 e. The fourth-order valence-electron chi connectivity index (χ4n) is 3.26. The van der Waals surface area contributed by atoms with Gasteiger partial charge in [0.05, 0.1) is 6.61 Å². The number of imide groups is 1. The summed E-state index contributed by atoms with van der Waals surface area (Å²) in [7, 11) is 0. The Bertz CT molecular complexity index is 551. The van der Waals surface area contributed by atoms with Gasteiger partial charge in [-0.2, -0.15) is 0 Å². The molecule has 1 aromatic carbocycles. The van der Waals surface area contributed by atoms with Crippen molar-refractivity contribution in [3.63, 3.8) is 0 Å². The normalized spacial score (nSPS) is 21.3. The van der Waals surface area contributed by atoms with Crippen LogP contribution in [-0.2, 0) is 20.7 Å². The molecular weight excluding hydrogens is 316 g/mol. The molecule has 2 heterocycles. The summed E-state index contributed by atoms with van der Waals surface area (Å²) in [6.45, 7) is 6.71. The topological polar surface area (TPSA) is 67.4 Å². The number of carbonyl (C=O) groups is 2. The third-order valence-corrected chi connectivity index (χ3v) is 4.69. The van der Waals surface area contributed by atoms with Crippen LogP contribution in [0.5, 0.6) is 0 Å². The van der Waals surface area contributed by atoms with Crippen molar-refractivity contribution in [2.75, 3.05) is 19.7 Å². The average Bonchev–Trinajstić information content (AvgIpc) is 2.66. The van der Waals surface area contributed by atoms with Crippen LogP contribution in [-0.4, -0.2) is 37.6 Å². The van der Waals surface area contributed by atoms with Gasteiger partial charge in [-0.25, -0.2) is 0 Å².